The summed E-state index contributed by atoms with van der Waals surface area (Å²) in [7, 11) is 3.51. The van der Waals surface area contributed by atoms with Crippen LogP contribution < -0.4 is 5.32 Å². The molecule has 0 aromatic carbocycles. The van der Waals surface area contributed by atoms with E-state index in [4.69, 9.17) is 4.74 Å². The van der Waals surface area contributed by atoms with Crippen molar-refractivity contribution in [1.29, 1.82) is 0 Å². The molecule has 0 radical (unpaired) electrons. The average molecular weight is 237 g/mol. The molecule has 0 aromatic heterocycles. The number of hydrogen-bond acceptors (Lipinski definition) is 3. The Kier molecular flexibility index (Phi) is 6.89. The molecule has 4 nitrogen and oxygen atoms in total. The van der Waals surface area contributed by atoms with Crippen LogP contribution in [0.3, 0.4) is 0 Å². The summed E-state index contributed by atoms with van der Waals surface area (Å²) in [6, 6.07) is 0.160. The van der Waals surface area contributed by atoms with Crippen LogP contribution in [0.5, 0.6) is 0 Å². The van der Waals surface area contributed by atoms with Crippen LogP contribution in [0, 0.1) is 5.92 Å². The van der Waals surface area contributed by atoms with Gasteiger partial charge < -0.3 is 15.0 Å². The number of halogens is 1. The molecule has 0 spiro atoms. The number of amides is 1. The van der Waals surface area contributed by atoms with E-state index in [2.05, 4.69) is 5.32 Å². The summed E-state index contributed by atoms with van der Waals surface area (Å²) in [5, 5.41) is 3.20. The van der Waals surface area contributed by atoms with Crippen molar-refractivity contribution in [3.05, 3.63) is 0 Å². The lowest BCUT2D eigenvalue weighted by Gasteiger charge is -2.26. The summed E-state index contributed by atoms with van der Waals surface area (Å²) in [4.78, 5) is 13.7. The predicted octanol–water partition coefficient (Wildman–Crippen LogP) is 0.511. The molecule has 0 bridgehead atoms. The molecule has 1 rings (SSSR count). The maximum Gasteiger partial charge on any atom is 0.227 e. The van der Waals surface area contributed by atoms with Gasteiger partial charge in [0.15, 0.2) is 0 Å². The van der Waals surface area contributed by atoms with Crippen LogP contribution in [0.4, 0.5) is 0 Å². The lowest BCUT2D eigenvalue weighted by molar-refractivity contribution is -0.136. The molecule has 1 aliphatic heterocycles. The molecule has 0 saturated carbocycles. The number of rotatable bonds is 4. The lowest BCUT2D eigenvalue weighted by Crippen LogP contribution is -2.41. The Morgan fingerprint density at radius 3 is 2.80 bits per heavy atom. The Hall–Kier alpha value is -0.320. The molecule has 1 amide bonds. The summed E-state index contributed by atoms with van der Waals surface area (Å²) in [5.41, 5.74) is 0. The number of nitrogens with zero attached hydrogens (tertiary/aromatic N) is 1. The second-order valence-electron chi connectivity index (χ2n) is 3.94. The third-order valence-corrected chi connectivity index (χ3v) is 2.83. The highest BCUT2D eigenvalue weighted by Crippen LogP contribution is 2.12. The third kappa shape index (κ3) is 3.97. The summed E-state index contributed by atoms with van der Waals surface area (Å²) in [6.07, 6.45) is 0.961. The Morgan fingerprint density at radius 2 is 2.33 bits per heavy atom. The summed E-state index contributed by atoms with van der Waals surface area (Å²) < 4.78 is 5.03. The van der Waals surface area contributed by atoms with Crippen LogP contribution in [-0.4, -0.2) is 50.7 Å². The van der Waals surface area contributed by atoms with E-state index < -0.39 is 0 Å². The third-order valence-electron chi connectivity index (χ3n) is 2.83. The average Bonchev–Trinajstić information content (AvgIpc) is 2.68. The van der Waals surface area contributed by atoms with Crippen molar-refractivity contribution in [3.8, 4) is 0 Å². The number of methoxy groups -OCH3 is 1. The van der Waals surface area contributed by atoms with Crippen molar-refractivity contribution in [3.63, 3.8) is 0 Å². The highest BCUT2D eigenvalue weighted by atomic mass is 35.5. The standard InChI is InChI=1S/C10H20N2O2.ClH/c1-8(7-14-3)12(2)10(13)9-4-5-11-6-9;/h8-9,11H,4-7H2,1-3H3;1H/t8?,9-;/m1./s1. The SMILES string of the molecule is COCC(C)N(C)C(=O)[C@@H]1CCNC1.Cl. The van der Waals surface area contributed by atoms with E-state index in [1.165, 1.54) is 0 Å². The van der Waals surface area contributed by atoms with Crippen LogP contribution >= 0.6 is 12.4 Å². The molecular formula is C10H21ClN2O2. The first-order chi connectivity index (χ1) is 6.66. The van der Waals surface area contributed by atoms with E-state index in [1.807, 2.05) is 14.0 Å². The van der Waals surface area contributed by atoms with Crippen LogP contribution in [0.15, 0.2) is 0 Å². The Bertz CT molecular complexity index is 196. The summed E-state index contributed by atoms with van der Waals surface area (Å²) >= 11 is 0. The first kappa shape index (κ1) is 14.7. The zero-order valence-electron chi connectivity index (χ0n) is 9.66. The van der Waals surface area contributed by atoms with Crippen LogP contribution in [0.2, 0.25) is 0 Å². The topological polar surface area (TPSA) is 41.6 Å². The predicted molar refractivity (Wildman–Crippen MR) is 62.3 cm³/mol. The number of carbonyl (C=O) groups is 1. The van der Waals surface area contributed by atoms with Gasteiger partial charge in [0, 0.05) is 20.7 Å². The summed E-state index contributed by atoms with van der Waals surface area (Å²) in [6.45, 7) is 4.39. The van der Waals surface area contributed by atoms with Crippen LogP contribution in [-0.2, 0) is 9.53 Å². The molecule has 1 unspecified atom stereocenters. The first-order valence-electron chi connectivity index (χ1n) is 5.13. The number of ether oxygens (including phenoxy) is 1. The molecule has 1 aliphatic rings. The molecule has 2 atom stereocenters. The van der Waals surface area contributed by atoms with Gasteiger partial charge in [0.2, 0.25) is 5.91 Å². The molecule has 0 aromatic rings. The van der Waals surface area contributed by atoms with Crippen molar-refractivity contribution in [2.24, 2.45) is 5.92 Å². The van der Waals surface area contributed by atoms with Gasteiger partial charge in [-0.15, -0.1) is 12.4 Å². The van der Waals surface area contributed by atoms with Crippen molar-refractivity contribution in [2.75, 3.05) is 33.9 Å². The zero-order valence-corrected chi connectivity index (χ0v) is 10.5. The fourth-order valence-electron chi connectivity index (χ4n) is 1.72. The van der Waals surface area contributed by atoms with Gasteiger partial charge in [0.25, 0.3) is 0 Å². The molecule has 15 heavy (non-hydrogen) atoms. The van der Waals surface area contributed by atoms with Gasteiger partial charge in [0.05, 0.1) is 18.6 Å². The minimum absolute atomic E-state index is 0. The fraction of sp³-hybridized carbons (Fsp3) is 0.900. The van der Waals surface area contributed by atoms with Gasteiger partial charge in [-0.05, 0) is 19.9 Å². The normalized spacial score (nSPS) is 21.9. The quantitative estimate of drug-likeness (QED) is 0.774. The molecule has 5 heteroatoms. The second kappa shape index (κ2) is 7.04. The first-order valence-corrected chi connectivity index (χ1v) is 5.13. The van der Waals surface area contributed by atoms with Gasteiger partial charge in [-0.3, -0.25) is 4.79 Å². The van der Waals surface area contributed by atoms with Gasteiger partial charge in [-0.25, -0.2) is 0 Å². The van der Waals surface area contributed by atoms with E-state index in [9.17, 15) is 4.79 Å². The maximum atomic E-state index is 11.9. The maximum absolute atomic E-state index is 11.9. The highest BCUT2D eigenvalue weighted by Gasteiger charge is 2.27. The number of carbonyl (C=O) groups excluding carboxylic acids is 1. The number of nitrogens with one attached hydrogen (secondary N) is 1. The zero-order chi connectivity index (χ0) is 10.6. The number of hydrogen-bond donors (Lipinski definition) is 1. The van der Waals surface area contributed by atoms with Gasteiger partial charge >= 0.3 is 0 Å². The molecule has 90 valence electrons. The van der Waals surface area contributed by atoms with Gasteiger partial charge in [-0.2, -0.15) is 0 Å². The van der Waals surface area contributed by atoms with E-state index >= 15 is 0 Å². The highest BCUT2D eigenvalue weighted by molar-refractivity contribution is 5.85. The van der Waals surface area contributed by atoms with E-state index in [0.29, 0.717) is 6.61 Å². The Morgan fingerprint density at radius 1 is 1.67 bits per heavy atom. The monoisotopic (exact) mass is 236 g/mol. The number of likely N-dealkylation sites (N-methyl/N-ethyl adjacent to an activating group) is 1. The van der Waals surface area contributed by atoms with Crippen LogP contribution in [0.1, 0.15) is 13.3 Å². The van der Waals surface area contributed by atoms with Gasteiger partial charge in [0.1, 0.15) is 0 Å². The molecule has 1 saturated heterocycles. The largest absolute Gasteiger partial charge is 0.383 e. The molecule has 1 fully saturated rings. The van der Waals surface area contributed by atoms with Gasteiger partial charge in [-0.1, -0.05) is 0 Å². The molecule has 0 aliphatic carbocycles. The van der Waals surface area contributed by atoms with Crippen molar-refractivity contribution < 1.29 is 9.53 Å². The molecule has 1 N–H and O–H groups in total. The van der Waals surface area contributed by atoms with E-state index in [-0.39, 0.29) is 30.3 Å². The minimum Gasteiger partial charge on any atom is -0.383 e. The fourth-order valence-corrected chi connectivity index (χ4v) is 1.72. The molecule has 1 heterocycles. The lowest BCUT2D eigenvalue weighted by atomic mass is 10.1. The Balaban J connectivity index is 0.00000196. The molecular weight excluding hydrogens is 216 g/mol. The van der Waals surface area contributed by atoms with Crippen molar-refractivity contribution in [2.45, 2.75) is 19.4 Å². The van der Waals surface area contributed by atoms with Crippen molar-refractivity contribution in [1.82, 2.24) is 10.2 Å². The second-order valence-corrected chi connectivity index (χ2v) is 3.94. The Labute approximate surface area is 97.8 Å². The van der Waals surface area contributed by atoms with Crippen molar-refractivity contribution >= 4 is 18.3 Å². The van der Waals surface area contributed by atoms with E-state index in [0.717, 1.165) is 19.5 Å². The smallest absolute Gasteiger partial charge is 0.227 e. The summed E-state index contributed by atoms with van der Waals surface area (Å²) in [5.74, 6) is 0.402. The minimum atomic E-state index is 0. The van der Waals surface area contributed by atoms with Crippen LogP contribution in [0.25, 0.3) is 0 Å². The van der Waals surface area contributed by atoms with E-state index in [1.54, 1.807) is 12.0 Å².